The van der Waals surface area contributed by atoms with E-state index in [1.54, 1.807) is 6.07 Å². The summed E-state index contributed by atoms with van der Waals surface area (Å²) in [7, 11) is 0. The highest BCUT2D eigenvalue weighted by molar-refractivity contribution is 6.14. The van der Waals surface area contributed by atoms with Crippen LogP contribution in [0.2, 0.25) is 0 Å². The molecule has 0 N–H and O–H groups in total. The zero-order valence-electron chi connectivity index (χ0n) is 14.7. The lowest BCUT2D eigenvalue weighted by Crippen LogP contribution is -2.21. The second-order valence-electron chi connectivity index (χ2n) is 4.65. The Morgan fingerprint density at radius 2 is 1.48 bits per heavy atom. The standard InChI is InChI=1S/C18H16N2O7/c1-5-25-17(23)15(6-11(2)8-19)18(24)27-10-26-16(22)14(9-20)7-12(3)13(4)21/h6-7H,2-3,5,10H2,1,4H3. The predicted octanol–water partition coefficient (Wildman–Crippen LogP) is 1.19. The van der Waals surface area contributed by atoms with E-state index < -0.39 is 41.6 Å². The van der Waals surface area contributed by atoms with Gasteiger partial charge in [-0.15, -0.1) is 0 Å². The number of nitrogens with zero attached hydrogens (tertiary/aromatic N) is 2. The smallest absolute Gasteiger partial charge is 0.351 e. The van der Waals surface area contributed by atoms with Gasteiger partial charge in [-0.1, -0.05) is 13.2 Å². The minimum absolute atomic E-state index is 0.0339. The molecule has 0 aliphatic carbocycles. The van der Waals surface area contributed by atoms with Gasteiger partial charge in [-0.25, -0.2) is 14.4 Å². The number of hydrogen-bond acceptors (Lipinski definition) is 9. The maximum Gasteiger partial charge on any atom is 0.351 e. The lowest BCUT2D eigenvalue weighted by molar-refractivity contribution is -0.162. The molecule has 27 heavy (non-hydrogen) atoms. The molecule has 0 amide bonds. The molecular weight excluding hydrogens is 356 g/mol. The molecule has 0 bridgehead atoms. The van der Waals surface area contributed by atoms with Crippen LogP contribution in [0.3, 0.4) is 0 Å². The SMILES string of the molecule is C=C(C#N)C=C(C(=O)OCC)C(=O)OCOC(=O)C(C#N)=CC(=C)C(C)=O. The van der Waals surface area contributed by atoms with Crippen molar-refractivity contribution in [2.24, 2.45) is 0 Å². The van der Waals surface area contributed by atoms with Crippen LogP contribution < -0.4 is 0 Å². The second-order valence-corrected chi connectivity index (χ2v) is 4.65. The van der Waals surface area contributed by atoms with Gasteiger partial charge in [0.15, 0.2) is 5.78 Å². The van der Waals surface area contributed by atoms with Crippen molar-refractivity contribution in [1.82, 2.24) is 0 Å². The Labute approximate surface area is 155 Å². The first-order valence-corrected chi connectivity index (χ1v) is 7.31. The first kappa shape index (κ1) is 23.0. The Hall–Kier alpha value is -3.98. The number of nitriles is 2. The molecule has 0 aliphatic heterocycles. The van der Waals surface area contributed by atoms with Gasteiger partial charge in [0.05, 0.1) is 12.7 Å². The van der Waals surface area contributed by atoms with Gasteiger partial charge in [-0.2, -0.15) is 10.5 Å². The van der Waals surface area contributed by atoms with Gasteiger partial charge >= 0.3 is 17.9 Å². The summed E-state index contributed by atoms with van der Waals surface area (Å²) in [6.45, 7) is 8.40. The number of Topliss-reactive ketones (excluding diaryl/α,β-unsaturated/α-hetero) is 1. The third kappa shape index (κ3) is 8.09. The largest absolute Gasteiger partial charge is 0.462 e. The maximum atomic E-state index is 11.9. The number of rotatable bonds is 9. The van der Waals surface area contributed by atoms with Crippen LogP contribution in [0.25, 0.3) is 0 Å². The molecule has 0 radical (unpaired) electrons. The Kier molecular flexibility index (Phi) is 9.85. The summed E-state index contributed by atoms with van der Waals surface area (Å²) < 4.78 is 13.8. The van der Waals surface area contributed by atoms with Crippen molar-refractivity contribution in [3.63, 3.8) is 0 Å². The highest BCUT2D eigenvalue weighted by Crippen LogP contribution is 2.08. The normalized spacial score (nSPS) is 10.7. The fourth-order valence-electron chi connectivity index (χ4n) is 1.32. The number of esters is 3. The minimum atomic E-state index is -1.23. The number of carbonyl (C=O) groups excluding carboxylic acids is 4. The van der Waals surface area contributed by atoms with Crippen molar-refractivity contribution in [2.45, 2.75) is 13.8 Å². The van der Waals surface area contributed by atoms with Gasteiger partial charge in [0.2, 0.25) is 6.79 Å². The van der Waals surface area contributed by atoms with E-state index in [2.05, 4.69) is 27.4 Å². The molecule has 140 valence electrons. The number of hydrogen-bond donors (Lipinski definition) is 0. The third-order valence-corrected chi connectivity index (χ3v) is 2.67. The summed E-state index contributed by atoms with van der Waals surface area (Å²) in [4.78, 5) is 46.5. The van der Waals surface area contributed by atoms with Crippen molar-refractivity contribution in [2.75, 3.05) is 13.4 Å². The second kappa shape index (κ2) is 11.6. The van der Waals surface area contributed by atoms with E-state index in [9.17, 15) is 19.2 Å². The monoisotopic (exact) mass is 372 g/mol. The van der Waals surface area contributed by atoms with Crippen LogP contribution in [0.15, 0.2) is 47.6 Å². The molecule has 0 rings (SSSR count). The van der Waals surface area contributed by atoms with Crippen molar-refractivity contribution >= 4 is 23.7 Å². The van der Waals surface area contributed by atoms with Crippen LogP contribution >= 0.6 is 0 Å². The predicted molar refractivity (Wildman–Crippen MR) is 90.0 cm³/mol. The van der Waals surface area contributed by atoms with Gasteiger partial charge in [0, 0.05) is 11.1 Å². The van der Waals surface area contributed by atoms with E-state index >= 15 is 0 Å². The van der Waals surface area contributed by atoms with Crippen molar-refractivity contribution in [1.29, 1.82) is 10.5 Å². The minimum Gasteiger partial charge on any atom is -0.462 e. The van der Waals surface area contributed by atoms with E-state index in [4.69, 9.17) is 10.5 Å². The number of allylic oxidation sites excluding steroid dienone is 4. The zero-order chi connectivity index (χ0) is 21.0. The number of ether oxygens (including phenoxy) is 3. The Balaban J connectivity index is 5.06. The third-order valence-electron chi connectivity index (χ3n) is 2.67. The summed E-state index contributed by atoms with van der Waals surface area (Å²) in [5.41, 5.74) is -1.46. The molecule has 0 unspecified atom stereocenters. The average Bonchev–Trinajstić information content (AvgIpc) is 2.63. The fraction of sp³-hybridized carbons (Fsp3) is 0.222. The van der Waals surface area contributed by atoms with E-state index in [1.165, 1.54) is 19.9 Å². The zero-order valence-corrected chi connectivity index (χ0v) is 14.7. The van der Waals surface area contributed by atoms with Gasteiger partial charge in [-0.05, 0) is 26.0 Å². The van der Waals surface area contributed by atoms with Crippen LogP contribution in [-0.4, -0.2) is 37.1 Å². The van der Waals surface area contributed by atoms with E-state index in [0.29, 0.717) is 0 Å². The molecule has 0 heterocycles. The Morgan fingerprint density at radius 3 is 1.96 bits per heavy atom. The molecule has 0 atom stereocenters. The fourth-order valence-corrected chi connectivity index (χ4v) is 1.32. The molecule has 0 saturated carbocycles. The lowest BCUT2D eigenvalue weighted by Gasteiger charge is -2.08. The van der Waals surface area contributed by atoms with Gasteiger partial charge in [-0.3, -0.25) is 4.79 Å². The lowest BCUT2D eigenvalue weighted by atomic mass is 10.1. The summed E-state index contributed by atoms with van der Waals surface area (Å²) in [5.74, 6) is -3.91. The van der Waals surface area contributed by atoms with Crippen molar-refractivity contribution in [3.05, 3.63) is 47.6 Å². The Morgan fingerprint density at radius 1 is 0.926 bits per heavy atom. The van der Waals surface area contributed by atoms with Crippen LogP contribution in [-0.2, 0) is 33.4 Å². The van der Waals surface area contributed by atoms with E-state index in [0.717, 1.165) is 12.2 Å². The maximum absolute atomic E-state index is 11.9. The molecule has 0 fully saturated rings. The first-order chi connectivity index (χ1) is 12.7. The first-order valence-electron chi connectivity index (χ1n) is 7.31. The molecule has 0 aromatic rings. The van der Waals surface area contributed by atoms with Gasteiger partial charge in [0.1, 0.15) is 17.2 Å². The van der Waals surface area contributed by atoms with Crippen LogP contribution in [0, 0.1) is 22.7 Å². The number of carbonyl (C=O) groups is 4. The van der Waals surface area contributed by atoms with Crippen molar-refractivity contribution in [3.8, 4) is 12.1 Å². The highest BCUT2D eigenvalue weighted by Gasteiger charge is 2.22. The summed E-state index contributed by atoms with van der Waals surface area (Å²) in [6, 6.07) is 3.14. The van der Waals surface area contributed by atoms with Crippen LogP contribution in [0.1, 0.15) is 13.8 Å². The summed E-state index contributed by atoms with van der Waals surface area (Å²) in [6.07, 6.45) is 1.78. The molecule has 0 aromatic heterocycles. The average molecular weight is 372 g/mol. The van der Waals surface area contributed by atoms with E-state index in [1.807, 2.05) is 0 Å². The quantitative estimate of drug-likeness (QED) is 0.111. The van der Waals surface area contributed by atoms with Gasteiger partial charge in [0.25, 0.3) is 0 Å². The van der Waals surface area contributed by atoms with Crippen LogP contribution in [0.5, 0.6) is 0 Å². The molecule has 0 aromatic carbocycles. The van der Waals surface area contributed by atoms with Crippen LogP contribution in [0.4, 0.5) is 0 Å². The van der Waals surface area contributed by atoms with Crippen molar-refractivity contribution < 1.29 is 33.4 Å². The number of ketones is 1. The topological polar surface area (TPSA) is 144 Å². The van der Waals surface area contributed by atoms with E-state index in [-0.39, 0.29) is 17.8 Å². The Bertz CT molecular complexity index is 820. The summed E-state index contributed by atoms with van der Waals surface area (Å²) in [5, 5.41) is 17.6. The van der Waals surface area contributed by atoms with Gasteiger partial charge < -0.3 is 14.2 Å². The molecule has 0 aliphatic rings. The molecule has 0 saturated heterocycles. The summed E-state index contributed by atoms with van der Waals surface area (Å²) >= 11 is 0. The molecule has 0 spiro atoms. The molecular formula is C18H16N2O7. The molecule has 9 nitrogen and oxygen atoms in total. The molecule has 9 heteroatoms. The highest BCUT2D eigenvalue weighted by atomic mass is 16.7.